The maximum atomic E-state index is 13.0. The van der Waals surface area contributed by atoms with Crippen molar-refractivity contribution < 1.29 is 4.79 Å². The van der Waals surface area contributed by atoms with Gasteiger partial charge in [-0.2, -0.15) is 0 Å². The maximum Gasteiger partial charge on any atom is 0.193 e. The number of benzene rings is 4. The minimum absolute atomic E-state index is 0.00692. The van der Waals surface area contributed by atoms with Crippen molar-refractivity contribution in [2.24, 2.45) is 0 Å². The lowest BCUT2D eigenvalue weighted by Gasteiger charge is -2.08. The van der Waals surface area contributed by atoms with Crippen molar-refractivity contribution in [2.75, 3.05) is 0 Å². The van der Waals surface area contributed by atoms with Gasteiger partial charge in [-0.05, 0) is 29.0 Å². The summed E-state index contributed by atoms with van der Waals surface area (Å²) in [5, 5.41) is 3.12. The molecule has 5 aromatic rings. The van der Waals surface area contributed by atoms with Crippen LogP contribution in [0.1, 0.15) is 15.9 Å². The number of carbonyl (C=O) groups excluding carboxylic acids is 1. The molecule has 4 aromatic carbocycles. The summed E-state index contributed by atoms with van der Waals surface area (Å²) < 4.78 is 0. The van der Waals surface area contributed by atoms with E-state index in [0.29, 0.717) is 11.1 Å². The minimum atomic E-state index is -0.00692. The first-order chi connectivity index (χ1) is 13.8. The zero-order valence-electron chi connectivity index (χ0n) is 15.0. The predicted octanol–water partition coefficient (Wildman–Crippen LogP) is 5.68. The fraction of sp³-hybridized carbons (Fsp3) is 0. The molecule has 0 saturated carbocycles. The molecule has 0 bridgehead atoms. The molecule has 3 heteroatoms. The largest absolute Gasteiger partial charge is 0.289 e. The quantitative estimate of drug-likeness (QED) is 0.389. The molecule has 1 heterocycles. The molecule has 0 fully saturated rings. The van der Waals surface area contributed by atoms with Crippen molar-refractivity contribution in [3.63, 3.8) is 0 Å². The Balaban J connectivity index is 1.58. The Labute approximate surface area is 162 Å². The summed E-state index contributed by atoms with van der Waals surface area (Å²) in [7, 11) is 0. The number of carbonyl (C=O) groups is 1. The molecule has 1 aromatic heterocycles. The molecule has 0 aliphatic rings. The number of aromatic nitrogens is 2. The van der Waals surface area contributed by atoms with Crippen molar-refractivity contribution in [1.82, 2.24) is 9.97 Å². The van der Waals surface area contributed by atoms with Crippen molar-refractivity contribution in [3.05, 3.63) is 108 Å². The van der Waals surface area contributed by atoms with E-state index >= 15 is 0 Å². The first-order valence-electron chi connectivity index (χ1n) is 9.13. The van der Waals surface area contributed by atoms with Crippen LogP contribution in [0.15, 0.2) is 97.3 Å². The van der Waals surface area contributed by atoms with Gasteiger partial charge in [-0.1, -0.05) is 72.8 Å². The van der Waals surface area contributed by atoms with Crippen molar-refractivity contribution in [3.8, 4) is 11.3 Å². The summed E-state index contributed by atoms with van der Waals surface area (Å²) >= 11 is 0. The molecule has 0 radical (unpaired) electrons. The molecule has 0 unspecified atom stereocenters. The SMILES string of the molecule is O=C(c1ccc2ccccc2c1)c1ccc2c(-c3ccccc3)ncnc2c1. The van der Waals surface area contributed by atoms with E-state index in [9.17, 15) is 4.79 Å². The number of fused-ring (bicyclic) bond motifs is 2. The first-order valence-corrected chi connectivity index (χ1v) is 9.13. The van der Waals surface area contributed by atoms with Gasteiger partial charge in [0.1, 0.15) is 6.33 Å². The highest BCUT2D eigenvalue weighted by molar-refractivity contribution is 6.12. The van der Waals surface area contributed by atoms with Gasteiger partial charge < -0.3 is 0 Å². The second kappa shape index (κ2) is 6.71. The van der Waals surface area contributed by atoms with Crippen LogP contribution < -0.4 is 0 Å². The molecule has 132 valence electrons. The van der Waals surface area contributed by atoms with Crippen LogP contribution in [0.2, 0.25) is 0 Å². The van der Waals surface area contributed by atoms with Gasteiger partial charge in [0, 0.05) is 22.1 Å². The van der Waals surface area contributed by atoms with E-state index in [-0.39, 0.29) is 5.78 Å². The van der Waals surface area contributed by atoms with Crippen LogP contribution in [-0.4, -0.2) is 15.8 Å². The maximum absolute atomic E-state index is 13.0. The Bertz CT molecular complexity index is 1330. The van der Waals surface area contributed by atoms with Crippen LogP contribution in [0.5, 0.6) is 0 Å². The summed E-state index contributed by atoms with van der Waals surface area (Å²) in [6.45, 7) is 0. The van der Waals surface area contributed by atoms with Crippen LogP contribution in [0, 0.1) is 0 Å². The van der Waals surface area contributed by atoms with Gasteiger partial charge >= 0.3 is 0 Å². The number of ketones is 1. The third kappa shape index (κ3) is 2.83. The average molecular weight is 360 g/mol. The Morgan fingerprint density at radius 3 is 2.21 bits per heavy atom. The van der Waals surface area contributed by atoms with Crippen molar-refractivity contribution in [1.29, 1.82) is 0 Å². The van der Waals surface area contributed by atoms with E-state index in [2.05, 4.69) is 9.97 Å². The standard InChI is InChI=1S/C25H16N2O/c28-25(20-11-10-17-6-4-5-9-19(17)14-20)21-12-13-22-23(15-21)26-16-27-24(22)18-7-2-1-3-8-18/h1-16H. The molecule has 0 N–H and O–H groups in total. The van der Waals surface area contributed by atoms with Gasteiger partial charge in [-0.25, -0.2) is 9.97 Å². The smallest absolute Gasteiger partial charge is 0.193 e. The Kier molecular flexibility index (Phi) is 3.91. The van der Waals surface area contributed by atoms with Crippen molar-refractivity contribution in [2.45, 2.75) is 0 Å². The molecule has 28 heavy (non-hydrogen) atoms. The predicted molar refractivity (Wildman–Crippen MR) is 112 cm³/mol. The fourth-order valence-corrected chi connectivity index (χ4v) is 3.52. The molecule has 0 amide bonds. The molecule has 0 aliphatic heterocycles. The van der Waals surface area contributed by atoms with Crippen LogP contribution in [0.3, 0.4) is 0 Å². The lowest BCUT2D eigenvalue weighted by Crippen LogP contribution is -2.02. The zero-order valence-corrected chi connectivity index (χ0v) is 15.0. The molecular formula is C25H16N2O. The molecule has 0 atom stereocenters. The van der Waals surface area contributed by atoms with Gasteiger partial charge in [-0.15, -0.1) is 0 Å². The van der Waals surface area contributed by atoms with Gasteiger partial charge in [0.15, 0.2) is 5.78 Å². The van der Waals surface area contributed by atoms with Crippen LogP contribution in [0.25, 0.3) is 32.9 Å². The summed E-state index contributed by atoms with van der Waals surface area (Å²) in [6, 6.07) is 29.5. The lowest BCUT2D eigenvalue weighted by molar-refractivity contribution is 0.103. The van der Waals surface area contributed by atoms with E-state index in [1.807, 2.05) is 91.0 Å². The number of hydrogen-bond acceptors (Lipinski definition) is 3. The molecule has 5 rings (SSSR count). The van der Waals surface area contributed by atoms with Gasteiger partial charge in [0.05, 0.1) is 11.2 Å². The fourth-order valence-electron chi connectivity index (χ4n) is 3.52. The summed E-state index contributed by atoms with van der Waals surface area (Å²) in [6.07, 6.45) is 1.55. The van der Waals surface area contributed by atoms with Gasteiger partial charge in [0.25, 0.3) is 0 Å². The van der Waals surface area contributed by atoms with E-state index in [0.717, 1.165) is 32.9 Å². The Hall–Kier alpha value is -3.85. The molecular weight excluding hydrogens is 344 g/mol. The van der Waals surface area contributed by atoms with Crippen LogP contribution in [0.4, 0.5) is 0 Å². The van der Waals surface area contributed by atoms with Crippen LogP contribution >= 0.6 is 0 Å². The average Bonchev–Trinajstić information content (AvgIpc) is 2.78. The zero-order chi connectivity index (χ0) is 18.9. The Morgan fingerprint density at radius 1 is 0.643 bits per heavy atom. The summed E-state index contributed by atoms with van der Waals surface area (Å²) in [5.41, 5.74) is 3.97. The highest BCUT2D eigenvalue weighted by Gasteiger charge is 2.13. The highest BCUT2D eigenvalue weighted by Crippen LogP contribution is 2.26. The van der Waals surface area contributed by atoms with E-state index < -0.39 is 0 Å². The third-order valence-electron chi connectivity index (χ3n) is 4.96. The van der Waals surface area contributed by atoms with E-state index in [4.69, 9.17) is 0 Å². The third-order valence-corrected chi connectivity index (χ3v) is 4.96. The minimum Gasteiger partial charge on any atom is -0.289 e. The van der Waals surface area contributed by atoms with Gasteiger partial charge in [0.2, 0.25) is 0 Å². The summed E-state index contributed by atoms with van der Waals surface area (Å²) in [4.78, 5) is 21.9. The molecule has 0 saturated heterocycles. The Morgan fingerprint density at radius 2 is 1.36 bits per heavy atom. The van der Waals surface area contributed by atoms with E-state index in [1.54, 1.807) is 6.33 Å². The number of nitrogens with zero attached hydrogens (tertiary/aromatic N) is 2. The molecule has 0 spiro atoms. The van der Waals surface area contributed by atoms with Crippen molar-refractivity contribution >= 4 is 27.5 Å². The first kappa shape index (κ1) is 16.3. The molecule has 0 aliphatic carbocycles. The topological polar surface area (TPSA) is 42.9 Å². The monoisotopic (exact) mass is 360 g/mol. The number of rotatable bonds is 3. The van der Waals surface area contributed by atoms with Gasteiger partial charge in [-0.3, -0.25) is 4.79 Å². The highest BCUT2D eigenvalue weighted by atomic mass is 16.1. The second-order valence-corrected chi connectivity index (χ2v) is 6.71. The number of hydrogen-bond donors (Lipinski definition) is 0. The van der Waals surface area contributed by atoms with Crippen LogP contribution in [-0.2, 0) is 0 Å². The lowest BCUT2D eigenvalue weighted by atomic mass is 9.98. The second-order valence-electron chi connectivity index (χ2n) is 6.71. The van der Waals surface area contributed by atoms with E-state index in [1.165, 1.54) is 0 Å². The molecule has 3 nitrogen and oxygen atoms in total. The normalized spacial score (nSPS) is 11.0. The summed E-state index contributed by atoms with van der Waals surface area (Å²) in [5.74, 6) is -0.00692.